The Morgan fingerprint density at radius 2 is 1.68 bits per heavy atom. The van der Waals surface area contributed by atoms with Gasteiger partial charge in [0.05, 0.1) is 57.7 Å². The van der Waals surface area contributed by atoms with Crippen LogP contribution in [0.25, 0.3) is 10.9 Å². The smallest absolute Gasteiger partial charge is 0.410 e. The second kappa shape index (κ2) is 12.5. The van der Waals surface area contributed by atoms with E-state index in [1.54, 1.807) is 55.6 Å². The molecule has 232 valence electrons. The number of carbonyl (C=O) groups is 2. The van der Waals surface area contributed by atoms with Crippen molar-refractivity contribution in [2.45, 2.75) is 39.0 Å². The molecule has 0 radical (unpaired) electrons. The van der Waals surface area contributed by atoms with Crippen LogP contribution in [0.1, 0.15) is 20.8 Å². The third-order valence-corrected chi connectivity index (χ3v) is 6.47. The fraction of sp³-hybridized carbons (Fsp3) is 0.367. The molecule has 0 unspecified atom stereocenters. The summed E-state index contributed by atoms with van der Waals surface area (Å²) in [6, 6.07) is 8.55. The molecule has 0 aliphatic carbocycles. The first-order valence-electron chi connectivity index (χ1n) is 13.7. The number of nitrogens with zero attached hydrogens (tertiary/aromatic N) is 5. The molecule has 2 aromatic heterocycles. The van der Waals surface area contributed by atoms with Gasteiger partial charge in [0, 0.05) is 17.8 Å². The van der Waals surface area contributed by atoms with Gasteiger partial charge in [0.2, 0.25) is 11.8 Å². The summed E-state index contributed by atoms with van der Waals surface area (Å²) in [7, 11) is 4.62. The molecule has 1 saturated heterocycles. The van der Waals surface area contributed by atoms with E-state index in [1.165, 1.54) is 24.3 Å². The van der Waals surface area contributed by atoms with Crippen LogP contribution in [0.4, 0.5) is 10.5 Å². The number of aromatic nitrogens is 4. The first kappa shape index (κ1) is 30.2. The van der Waals surface area contributed by atoms with Crippen LogP contribution in [-0.2, 0) is 16.1 Å². The second-order valence-electron chi connectivity index (χ2n) is 10.9. The third kappa shape index (κ3) is 7.02. The summed E-state index contributed by atoms with van der Waals surface area (Å²) in [6.45, 7) is 6.14. The molecule has 0 spiro atoms. The maximum Gasteiger partial charge on any atom is 0.410 e. The molecule has 0 atom stereocenters. The van der Waals surface area contributed by atoms with Crippen molar-refractivity contribution >= 4 is 28.6 Å². The van der Waals surface area contributed by atoms with E-state index in [-0.39, 0.29) is 24.6 Å². The minimum Gasteiger partial charge on any atom is -0.493 e. The summed E-state index contributed by atoms with van der Waals surface area (Å²) < 4.78 is 35.0. The number of likely N-dealkylation sites (tertiary alicyclic amines) is 1. The molecule has 44 heavy (non-hydrogen) atoms. The minimum absolute atomic E-state index is 0.0748. The summed E-state index contributed by atoms with van der Waals surface area (Å²) in [4.78, 5) is 35.2. The van der Waals surface area contributed by atoms with Crippen LogP contribution < -0.4 is 29.0 Å². The number of ether oxygens (including phenoxy) is 6. The zero-order valence-electron chi connectivity index (χ0n) is 25.3. The van der Waals surface area contributed by atoms with Gasteiger partial charge < -0.3 is 38.6 Å². The number of hydrogen-bond acceptors (Lipinski definition) is 11. The SMILES string of the molecule is COc1cc2ncnc(Oc3cnn(CC(=O)Nc4ccc(OC)c(OC5CN(C(=O)OC(C)(C)C)C5)c4)c3)c2cc1OC. The molecule has 0 bridgehead atoms. The molecule has 5 rings (SSSR count). The lowest BCUT2D eigenvalue weighted by atomic mass is 10.1. The largest absolute Gasteiger partial charge is 0.493 e. The Morgan fingerprint density at radius 3 is 2.39 bits per heavy atom. The van der Waals surface area contributed by atoms with Gasteiger partial charge in [-0.25, -0.2) is 14.8 Å². The maximum atomic E-state index is 12.9. The Labute approximate surface area is 253 Å². The predicted molar refractivity (Wildman–Crippen MR) is 159 cm³/mol. The summed E-state index contributed by atoms with van der Waals surface area (Å²) in [5, 5.41) is 7.70. The van der Waals surface area contributed by atoms with E-state index in [2.05, 4.69) is 20.4 Å². The van der Waals surface area contributed by atoms with Gasteiger partial charge in [-0.3, -0.25) is 9.48 Å². The fourth-order valence-corrected chi connectivity index (χ4v) is 4.40. The van der Waals surface area contributed by atoms with Gasteiger partial charge in [-0.1, -0.05) is 0 Å². The number of rotatable bonds is 10. The zero-order chi connectivity index (χ0) is 31.4. The van der Waals surface area contributed by atoms with Gasteiger partial charge in [-0.15, -0.1) is 0 Å². The third-order valence-electron chi connectivity index (χ3n) is 6.47. The molecule has 2 amide bonds. The lowest BCUT2D eigenvalue weighted by Crippen LogP contribution is -2.57. The number of methoxy groups -OCH3 is 3. The van der Waals surface area contributed by atoms with Crippen LogP contribution in [0.2, 0.25) is 0 Å². The molecular weight excluding hydrogens is 572 g/mol. The Kier molecular flexibility index (Phi) is 8.60. The van der Waals surface area contributed by atoms with E-state index in [4.69, 9.17) is 28.4 Å². The van der Waals surface area contributed by atoms with Crippen LogP contribution >= 0.6 is 0 Å². The van der Waals surface area contributed by atoms with Gasteiger partial charge in [0.15, 0.2) is 28.7 Å². The minimum atomic E-state index is -0.570. The molecule has 1 N–H and O–H groups in total. The first-order valence-corrected chi connectivity index (χ1v) is 13.7. The second-order valence-corrected chi connectivity index (χ2v) is 10.9. The molecule has 14 nitrogen and oxygen atoms in total. The van der Waals surface area contributed by atoms with E-state index in [1.807, 2.05) is 20.8 Å². The Balaban J connectivity index is 1.19. The fourth-order valence-electron chi connectivity index (χ4n) is 4.40. The number of anilines is 1. The van der Waals surface area contributed by atoms with Crippen LogP contribution in [0.5, 0.6) is 34.6 Å². The van der Waals surface area contributed by atoms with Gasteiger partial charge in [0.25, 0.3) is 0 Å². The molecule has 1 fully saturated rings. The van der Waals surface area contributed by atoms with Crippen molar-refractivity contribution in [1.29, 1.82) is 0 Å². The van der Waals surface area contributed by atoms with Gasteiger partial charge in [0.1, 0.15) is 24.6 Å². The highest BCUT2D eigenvalue weighted by atomic mass is 16.6. The molecule has 4 aromatic rings. The maximum absolute atomic E-state index is 12.9. The summed E-state index contributed by atoms with van der Waals surface area (Å²) in [6.07, 6.45) is 3.84. The molecule has 0 saturated carbocycles. The summed E-state index contributed by atoms with van der Waals surface area (Å²) in [5.74, 6) is 2.35. The van der Waals surface area contributed by atoms with Crippen LogP contribution in [0.3, 0.4) is 0 Å². The molecule has 1 aliphatic heterocycles. The number of nitrogens with one attached hydrogen (secondary N) is 1. The zero-order valence-corrected chi connectivity index (χ0v) is 25.3. The normalized spacial score (nSPS) is 13.2. The number of carbonyl (C=O) groups excluding carboxylic acids is 2. The van der Waals surface area contributed by atoms with Crippen molar-refractivity contribution in [3.8, 4) is 34.6 Å². The Hall–Kier alpha value is -5.27. The topological polar surface area (TPSA) is 148 Å². The lowest BCUT2D eigenvalue weighted by Gasteiger charge is -2.39. The average molecular weight is 607 g/mol. The lowest BCUT2D eigenvalue weighted by molar-refractivity contribution is -0.116. The van der Waals surface area contributed by atoms with E-state index >= 15 is 0 Å². The number of fused-ring (bicyclic) bond motifs is 1. The highest BCUT2D eigenvalue weighted by Gasteiger charge is 2.35. The number of benzene rings is 2. The quantitative estimate of drug-likeness (QED) is 0.276. The molecule has 1 aliphatic rings. The molecule has 3 heterocycles. The van der Waals surface area contributed by atoms with Crippen molar-refractivity contribution in [1.82, 2.24) is 24.6 Å². The van der Waals surface area contributed by atoms with Crippen molar-refractivity contribution in [3.63, 3.8) is 0 Å². The van der Waals surface area contributed by atoms with Crippen LogP contribution in [0, 0.1) is 0 Å². The van der Waals surface area contributed by atoms with Gasteiger partial charge in [-0.05, 0) is 39.0 Å². The molecular formula is C30H34N6O8. The van der Waals surface area contributed by atoms with Crippen molar-refractivity contribution in [2.75, 3.05) is 39.7 Å². The predicted octanol–water partition coefficient (Wildman–Crippen LogP) is 4.28. The monoisotopic (exact) mass is 606 g/mol. The summed E-state index contributed by atoms with van der Waals surface area (Å²) >= 11 is 0. The molecule has 2 aromatic carbocycles. The highest BCUT2D eigenvalue weighted by molar-refractivity contribution is 5.91. The van der Waals surface area contributed by atoms with E-state index in [0.29, 0.717) is 64.3 Å². The van der Waals surface area contributed by atoms with Crippen molar-refractivity contribution in [2.24, 2.45) is 0 Å². The van der Waals surface area contributed by atoms with E-state index < -0.39 is 5.60 Å². The van der Waals surface area contributed by atoms with Crippen LogP contribution in [0.15, 0.2) is 49.1 Å². The molecule has 14 heteroatoms. The van der Waals surface area contributed by atoms with Crippen LogP contribution in [-0.4, -0.2) is 82.8 Å². The Bertz CT molecular complexity index is 1660. The van der Waals surface area contributed by atoms with E-state index in [9.17, 15) is 9.59 Å². The van der Waals surface area contributed by atoms with Gasteiger partial charge >= 0.3 is 6.09 Å². The van der Waals surface area contributed by atoms with Crippen molar-refractivity contribution in [3.05, 3.63) is 49.1 Å². The van der Waals surface area contributed by atoms with Gasteiger partial charge in [-0.2, -0.15) is 5.10 Å². The average Bonchev–Trinajstić information content (AvgIpc) is 3.39. The highest BCUT2D eigenvalue weighted by Crippen LogP contribution is 2.36. The summed E-state index contributed by atoms with van der Waals surface area (Å²) in [5.41, 5.74) is 0.549. The van der Waals surface area contributed by atoms with Crippen molar-refractivity contribution < 1.29 is 38.0 Å². The number of hydrogen-bond donors (Lipinski definition) is 1. The first-order chi connectivity index (χ1) is 21.0. The Morgan fingerprint density at radius 1 is 0.955 bits per heavy atom. The van der Waals surface area contributed by atoms with E-state index in [0.717, 1.165) is 0 Å². The number of amides is 2. The standard InChI is InChI=1S/C30H34N6O8/c1-30(2,3)44-29(38)35-13-20(14-35)42-26-9-18(7-8-23(26)39-4)34-27(37)16-36-15-19(12-33-36)43-28-21-10-24(40-5)25(41-6)11-22(21)31-17-32-28/h7-12,15,17,20H,13-14,16H2,1-6H3,(H,34,37).